The van der Waals surface area contributed by atoms with Crippen molar-refractivity contribution >= 4 is 39.0 Å². The molecule has 0 aliphatic rings. The second-order valence-corrected chi connectivity index (χ2v) is 15.8. The molecule has 0 aliphatic carbocycles. The maximum atomic E-state index is 6.10. The lowest BCUT2D eigenvalue weighted by Crippen LogP contribution is -2.10. The highest BCUT2D eigenvalue weighted by Gasteiger charge is 2.16. The van der Waals surface area contributed by atoms with Crippen molar-refractivity contribution in [3.63, 3.8) is 0 Å². The molecule has 0 saturated carbocycles. The smallest absolute Gasteiger partial charge is 0.135 e. The molecule has 0 bridgehead atoms. The Kier molecular flexibility index (Phi) is 9.57. The van der Waals surface area contributed by atoms with Crippen LogP contribution in [0.5, 0.6) is 0 Å². The lowest BCUT2D eigenvalue weighted by molar-refractivity contribution is 0.669. The van der Waals surface area contributed by atoms with Crippen molar-refractivity contribution in [1.29, 1.82) is 0 Å². The van der Waals surface area contributed by atoms with Crippen LogP contribution in [-0.4, -0.2) is 0 Å². The summed E-state index contributed by atoms with van der Waals surface area (Å²) >= 11 is 0. The summed E-state index contributed by atoms with van der Waals surface area (Å²) in [6.45, 7) is 0. The fraction of sp³-hybridized carbons (Fsp3) is 0. The molecule has 0 radical (unpaired) electrons. The minimum atomic E-state index is 0.909. The Morgan fingerprint density at radius 3 is 1.08 bits per heavy atom. The number of nitrogens with zero attached hydrogens (tertiary/aromatic N) is 1. The summed E-state index contributed by atoms with van der Waals surface area (Å²) < 4.78 is 6.10. The first kappa shape index (κ1) is 36.8. The van der Waals surface area contributed by atoms with Crippen LogP contribution >= 0.6 is 0 Å². The number of hydrogen-bond donors (Lipinski definition) is 0. The van der Waals surface area contributed by atoms with E-state index < -0.39 is 0 Å². The number of benzene rings is 10. The van der Waals surface area contributed by atoms with E-state index in [0.29, 0.717) is 0 Å². The molecule has 62 heavy (non-hydrogen) atoms. The monoisotopic (exact) mass is 791 g/mol. The molecule has 0 spiro atoms. The molecule has 2 heteroatoms. The normalized spacial score (nSPS) is 11.2. The Hall–Kier alpha value is -8.20. The maximum absolute atomic E-state index is 6.10. The van der Waals surface area contributed by atoms with Gasteiger partial charge in [-0.25, -0.2) is 0 Å². The van der Waals surface area contributed by atoms with E-state index in [1.807, 2.05) is 12.1 Å². The van der Waals surface area contributed by atoms with E-state index in [-0.39, 0.29) is 0 Å². The van der Waals surface area contributed by atoms with E-state index in [1.165, 1.54) is 55.6 Å². The van der Waals surface area contributed by atoms with Crippen LogP contribution in [0.15, 0.2) is 253 Å². The van der Waals surface area contributed by atoms with E-state index >= 15 is 0 Å². The lowest BCUT2D eigenvalue weighted by atomic mass is 9.98. The standard InChI is InChI=1S/C60H41NO/c1-3-12-42(13-4-1)48-16-9-18-50(38-48)46-28-33-54(34-29-46)61(55-35-30-47(31-36-55)51-19-10-17-49(39-51)43-14-5-2-6-15-43)56-21-11-20-52(40-56)44-24-26-45(27-25-44)53-32-37-60-58(41-53)57-22-7-8-23-59(57)62-60/h1-41H. The summed E-state index contributed by atoms with van der Waals surface area (Å²) in [5.74, 6) is 0. The van der Waals surface area contributed by atoms with Gasteiger partial charge < -0.3 is 9.32 Å². The Balaban J connectivity index is 0.937. The molecular formula is C60H41NO. The topological polar surface area (TPSA) is 16.4 Å². The summed E-state index contributed by atoms with van der Waals surface area (Å²) in [6.07, 6.45) is 0. The molecule has 11 rings (SSSR count). The fourth-order valence-corrected chi connectivity index (χ4v) is 8.66. The van der Waals surface area contributed by atoms with Crippen LogP contribution in [0, 0.1) is 0 Å². The molecule has 292 valence electrons. The van der Waals surface area contributed by atoms with Gasteiger partial charge in [0, 0.05) is 27.8 Å². The molecular weight excluding hydrogens is 751 g/mol. The molecule has 2 nitrogen and oxygen atoms in total. The third kappa shape index (κ3) is 7.25. The molecule has 1 heterocycles. The summed E-state index contributed by atoms with van der Waals surface area (Å²) in [6, 6.07) is 89.1. The van der Waals surface area contributed by atoms with Gasteiger partial charge in [0.2, 0.25) is 0 Å². The number of para-hydroxylation sites is 1. The number of hydrogen-bond acceptors (Lipinski definition) is 2. The predicted molar refractivity (Wildman–Crippen MR) is 261 cm³/mol. The largest absolute Gasteiger partial charge is 0.456 e. The van der Waals surface area contributed by atoms with Crippen molar-refractivity contribution in [2.45, 2.75) is 0 Å². The average Bonchev–Trinajstić information content (AvgIpc) is 3.73. The molecule has 0 N–H and O–H groups in total. The molecule has 11 aromatic rings. The number of fused-ring (bicyclic) bond motifs is 3. The van der Waals surface area contributed by atoms with Crippen molar-refractivity contribution in [2.75, 3.05) is 4.90 Å². The third-order valence-corrected chi connectivity index (χ3v) is 11.9. The van der Waals surface area contributed by atoms with Crippen LogP contribution in [0.3, 0.4) is 0 Å². The third-order valence-electron chi connectivity index (χ3n) is 11.9. The van der Waals surface area contributed by atoms with Crippen LogP contribution < -0.4 is 4.90 Å². The SMILES string of the molecule is c1ccc(-c2cccc(-c3ccc(N(c4ccc(-c5cccc(-c6ccccc6)c5)cc4)c4cccc(-c5ccc(-c6ccc7oc8ccccc8c7c6)cc5)c4)cc3)c2)cc1. The van der Waals surface area contributed by atoms with Gasteiger partial charge in [-0.05, 0) is 133 Å². The minimum absolute atomic E-state index is 0.909. The number of anilines is 3. The van der Waals surface area contributed by atoms with Gasteiger partial charge in [-0.15, -0.1) is 0 Å². The van der Waals surface area contributed by atoms with E-state index in [1.54, 1.807) is 0 Å². The van der Waals surface area contributed by atoms with E-state index in [0.717, 1.165) is 50.1 Å². The van der Waals surface area contributed by atoms with Crippen LogP contribution in [0.4, 0.5) is 17.1 Å². The first-order valence-corrected chi connectivity index (χ1v) is 21.1. The van der Waals surface area contributed by atoms with E-state index in [4.69, 9.17) is 4.42 Å². The molecule has 0 fully saturated rings. The van der Waals surface area contributed by atoms with Crippen molar-refractivity contribution in [3.05, 3.63) is 249 Å². The molecule has 10 aromatic carbocycles. The van der Waals surface area contributed by atoms with Gasteiger partial charge in [-0.3, -0.25) is 0 Å². The van der Waals surface area contributed by atoms with Gasteiger partial charge in [0.15, 0.2) is 0 Å². The predicted octanol–water partition coefficient (Wildman–Crippen LogP) is 17.1. The second-order valence-electron chi connectivity index (χ2n) is 15.8. The van der Waals surface area contributed by atoms with E-state index in [2.05, 4.69) is 241 Å². The van der Waals surface area contributed by atoms with Crippen molar-refractivity contribution in [2.24, 2.45) is 0 Å². The Morgan fingerprint density at radius 2 is 0.565 bits per heavy atom. The molecule has 0 atom stereocenters. The fourth-order valence-electron chi connectivity index (χ4n) is 8.66. The van der Waals surface area contributed by atoms with Crippen molar-refractivity contribution in [3.8, 4) is 66.8 Å². The van der Waals surface area contributed by atoms with E-state index in [9.17, 15) is 0 Å². The summed E-state index contributed by atoms with van der Waals surface area (Å²) in [5.41, 5.74) is 19.3. The lowest BCUT2D eigenvalue weighted by Gasteiger charge is -2.26. The average molecular weight is 792 g/mol. The zero-order chi connectivity index (χ0) is 41.2. The minimum Gasteiger partial charge on any atom is -0.456 e. The van der Waals surface area contributed by atoms with Gasteiger partial charge in [-0.1, -0.05) is 182 Å². The molecule has 0 aliphatic heterocycles. The Morgan fingerprint density at radius 1 is 0.210 bits per heavy atom. The first-order chi connectivity index (χ1) is 30.7. The zero-order valence-electron chi connectivity index (χ0n) is 34.0. The van der Waals surface area contributed by atoms with Crippen LogP contribution in [0.1, 0.15) is 0 Å². The molecule has 0 unspecified atom stereocenters. The van der Waals surface area contributed by atoms with Gasteiger partial charge >= 0.3 is 0 Å². The highest BCUT2D eigenvalue weighted by Crippen LogP contribution is 2.40. The maximum Gasteiger partial charge on any atom is 0.135 e. The second kappa shape index (κ2) is 16.1. The summed E-state index contributed by atoms with van der Waals surface area (Å²) in [5, 5.41) is 2.28. The van der Waals surface area contributed by atoms with Crippen molar-refractivity contribution < 1.29 is 4.42 Å². The van der Waals surface area contributed by atoms with Gasteiger partial charge in [0.05, 0.1) is 0 Å². The molecule has 0 amide bonds. The number of furan rings is 1. The highest BCUT2D eigenvalue weighted by atomic mass is 16.3. The first-order valence-electron chi connectivity index (χ1n) is 21.1. The van der Waals surface area contributed by atoms with Crippen LogP contribution in [0.2, 0.25) is 0 Å². The van der Waals surface area contributed by atoms with Gasteiger partial charge in [0.25, 0.3) is 0 Å². The number of rotatable bonds is 9. The Bertz CT molecular complexity index is 3180. The molecule has 1 aromatic heterocycles. The summed E-state index contributed by atoms with van der Waals surface area (Å²) in [4.78, 5) is 2.36. The molecule has 0 saturated heterocycles. The van der Waals surface area contributed by atoms with Crippen LogP contribution in [-0.2, 0) is 0 Å². The van der Waals surface area contributed by atoms with Crippen molar-refractivity contribution in [1.82, 2.24) is 0 Å². The van der Waals surface area contributed by atoms with Gasteiger partial charge in [-0.2, -0.15) is 0 Å². The van der Waals surface area contributed by atoms with Gasteiger partial charge in [0.1, 0.15) is 11.2 Å². The zero-order valence-corrected chi connectivity index (χ0v) is 34.0. The van der Waals surface area contributed by atoms with Crippen LogP contribution in [0.25, 0.3) is 88.7 Å². The Labute approximate surface area is 362 Å². The quantitative estimate of drug-likeness (QED) is 0.145. The highest BCUT2D eigenvalue weighted by molar-refractivity contribution is 6.06. The summed E-state index contributed by atoms with van der Waals surface area (Å²) in [7, 11) is 0.